The van der Waals surface area contributed by atoms with Gasteiger partial charge in [0, 0.05) is 6.42 Å². The van der Waals surface area contributed by atoms with E-state index >= 15 is 0 Å². The van der Waals surface area contributed by atoms with E-state index in [0.717, 1.165) is 11.4 Å². The molecule has 2 aromatic rings. The fourth-order valence-electron chi connectivity index (χ4n) is 2.26. The number of nitrogens with one attached hydrogen (secondary N) is 2. The Hall–Kier alpha value is -2.20. The van der Waals surface area contributed by atoms with Crippen LogP contribution in [0, 0.1) is 5.92 Å². The van der Waals surface area contributed by atoms with E-state index in [1.807, 2.05) is 0 Å². The predicted octanol–water partition coefficient (Wildman–Crippen LogP) is 2.26. The molecule has 0 spiro atoms. The van der Waals surface area contributed by atoms with Crippen LogP contribution in [0.15, 0.2) is 23.1 Å². The Morgan fingerprint density at radius 2 is 2.12 bits per heavy atom. The highest BCUT2D eigenvalue weighted by Gasteiger charge is 2.26. The monoisotopic (exact) mass is 382 g/mol. The zero-order chi connectivity index (χ0) is 18.2. The first-order valence-electron chi connectivity index (χ1n) is 7.71. The Morgan fingerprint density at radius 3 is 2.84 bits per heavy atom. The van der Waals surface area contributed by atoms with Gasteiger partial charge in [0.05, 0.1) is 10.6 Å². The van der Waals surface area contributed by atoms with Crippen LogP contribution in [0.3, 0.4) is 0 Å². The molecule has 2 heterocycles. The van der Waals surface area contributed by atoms with Crippen molar-refractivity contribution in [1.29, 1.82) is 0 Å². The normalized spacial score (nSPS) is 17.0. The Bertz CT molecular complexity index is 908. The van der Waals surface area contributed by atoms with Crippen molar-refractivity contribution in [3.05, 3.63) is 23.2 Å². The summed E-state index contributed by atoms with van der Waals surface area (Å²) in [4.78, 5) is 11.7. The van der Waals surface area contributed by atoms with Gasteiger partial charge in [-0.3, -0.25) is 9.52 Å². The van der Waals surface area contributed by atoms with E-state index < -0.39 is 16.1 Å². The highest BCUT2D eigenvalue weighted by Crippen LogP contribution is 2.32. The van der Waals surface area contributed by atoms with Crippen LogP contribution >= 0.6 is 11.3 Å². The van der Waals surface area contributed by atoms with Crippen molar-refractivity contribution in [3.63, 3.8) is 0 Å². The second-order valence-electron chi connectivity index (χ2n) is 6.11. The van der Waals surface area contributed by atoms with Crippen molar-refractivity contribution in [2.24, 2.45) is 5.92 Å². The molecule has 1 aromatic heterocycles. The largest absolute Gasteiger partial charge is 0.479 e. The zero-order valence-electron chi connectivity index (χ0n) is 13.9. The topological polar surface area (TPSA) is 110 Å². The lowest BCUT2D eigenvalue weighted by Gasteiger charge is -2.23. The van der Waals surface area contributed by atoms with Crippen LogP contribution in [0.2, 0.25) is 0 Å². The number of rotatable bonds is 5. The third kappa shape index (κ3) is 3.90. The standard InChI is InChI=1S/C15H18N4O4S2/c1-8(2)6-13-17-18-15(24-13)19-25(21,22)10-4-5-12-11(7-10)16-14(20)9(3)23-12/h4-5,7-9H,6H2,1-3H3,(H,16,20)(H,18,19). The molecule has 3 rings (SSSR count). The third-order valence-electron chi connectivity index (χ3n) is 3.46. The minimum atomic E-state index is -3.84. The minimum absolute atomic E-state index is 0.00492. The molecule has 1 unspecified atom stereocenters. The number of fused-ring (bicyclic) bond motifs is 1. The maximum atomic E-state index is 12.5. The van der Waals surface area contributed by atoms with Gasteiger partial charge in [-0.15, -0.1) is 10.2 Å². The lowest BCUT2D eigenvalue weighted by Crippen LogP contribution is -2.34. The molecule has 134 valence electrons. The Morgan fingerprint density at radius 1 is 1.36 bits per heavy atom. The van der Waals surface area contributed by atoms with Crippen molar-refractivity contribution in [2.45, 2.75) is 38.2 Å². The summed E-state index contributed by atoms with van der Waals surface area (Å²) in [7, 11) is -3.84. The van der Waals surface area contributed by atoms with Crippen molar-refractivity contribution in [3.8, 4) is 5.75 Å². The first-order valence-corrected chi connectivity index (χ1v) is 10.0. The molecule has 2 N–H and O–H groups in total. The lowest BCUT2D eigenvalue weighted by atomic mass is 10.1. The molecule has 1 aromatic carbocycles. The first kappa shape index (κ1) is 17.6. The number of amides is 1. The summed E-state index contributed by atoms with van der Waals surface area (Å²) in [6.45, 7) is 5.72. The smallest absolute Gasteiger partial charge is 0.265 e. The van der Waals surface area contributed by atoms with Gasteiger partial charge in [0.2, 0.25) is 5.13 Å². The summed E-state index contributed by atoms with van der Waals surface area (Å²) >= 11 is 1.21. The Labute approximate surface area is 149 Å². The van der Waals surface area contributed by atoms with Gasteiger partial charge in [0.25, 0.3) is 15.9 Å². The molecule has 10 heteroatoms. The summed E-state index contributed by atoms with van der Waals surface area (Å²) in [6, 6.07) is 4.29. The maximum Gasteiger partial charge on any atom is 0.265 e. The number of carbonyl (C=O) groups is 1. The van der Waals surface area contributed by atoms with Gasteiger partial charge in [-0.1, -0.05) is 25.2 Å². The molecule has 25 heavy (non-hydrogen) atoms. The van der Waals surface area contributed by atoms with E-state index in [2.05, 4.69) is 34.1 Å². The number of nitrogens with zero attached hydrogens (tertiary/aromatic N) is 2. The predicted molar refractivity (Wildman–Crippen MR) is 94.4 cm³/mol. The molecule has 0 saturated carbocycles. The number of hydrogen-bond donors (Lipinski definition) is 2. The van der Waals surface area contributed by atoms with E-state index in [9.17, 15) is 13.2 Å². The molecule has 0 fully saturated rings. The highest BCUT2D eigenvalue weighted by atomic mass is 32.2. The second kappa shape index (κ2) is 6.60. The quantitative estimate of drug-likeness (QED) is 0.821. The Balaban J connectivity index is 1.82. The number of benzene rings is 1. The van der Waals surface area contributed by atoms with Gasteiger partial charge in [-0.05, 0) is 31.0 Å². The van der Waals surface area contributed by atoms with Gasteiger partial charge >= 0.3 is 0 Å². The van der Waals surface area contributed by atoms with Crippen molar-refractivity contribution >= 4 is 38.1 Å². The van der Waals surface area contributed by atoms with E-state index in [-0.39, 0.29) is 15.9 Å². The molecule has 0 saturated heterocycles. The Kier molecular flexibility index (Phi) is 4.65. The van der Waals surface area contributed by atoms with Crippen LogP contribution < -0.4 is 14.8 Å². The number of aromatic nitrogens is 2. The molecule has 8 nitrogen and oxygen atoms in total. The lowest BCUT2D eigenvalue weighted by molar-refractivity contribution is -0.122. The first-order chi connectivity index (χ1) is 11.7. The molecule has 1 aliphatic rings. The summed E-state index contributed by atoms with van der Waals surface area (Å²) in [5.41, 5.74) is 0.323. The van der Waals surface area contributed by atoms with Crippen LogP contribution in [-0.4, -0.2) is 30.6 Å². The van der Waals surface area contributed by atoms with Gasteiger partial charge in [-0.2, -0.15) is 0 Å². The van der Waals surface area contributed by atoms with Gasteiger partial charge in [-0.25, -0.2) is 8.42 Å². The van der Waals surface area contributed by atoms with Gasteiger partial charge in [0.1, 0.15) is 10.8 Å². The molecule has 0 bridgehead atoms. The van der Waals surface area contributed by atoms with E-state index in [1.165, 1.54) is 29.5 Å². The van der Waals surface area contributed by atoms with Crippen LogP contribution in [-0.2, 0) is 21.2 Å². The summed E-state index contributed by atoms with van der Waals surface area (Å²) < 4.78 is 32.9. The number of ether oxygens (including phenoxy) is 1. The average molecular weight is 382 g/mol. The van der Waals surface area contributed by atoms with E-state index in [1.54, 1.807) is 6.92 Å². The number of anilines is 2. The molecular weight excluding hydrogens is 364 g/mol. The third-order valence-corrected chi connectivity index (χ3v) is 5.79. The molecule has 1 amide bonds. The summed E-state index contributed by atoms with van der Waals surface area (Å²) in [6.07, 6.45) is 0.119. The molecule has 0 aliphatic carbocycles. The van der Waals surface area contributed by atoms with E-state index in [4.69, 9.17) is 4.74 Å². The minimum Gasteiger partial charge on any atom is -0.479 e. The zero-order valence-corrected chi connectivity index (χ0v) is 15.6. The van der Waals surface area contributed by atoms with Crippen LogP contribution in [0.5, 0.6) is 5.75 Å². The molecule has 0 radical (unpaired) electrons. The van der Waals surface area contributed by atoms with E-state index in [0.29, 0.717) is 17.4 Å². The number of sulfonamides is 1. The fraction of sp³-hybridized carbons (Fsp3) is 0.400. The molecule has 1 aliphatic heterocycles. The number of hydrogen-bond acceptors (Lipinski definition) is 7. The van der Waals surface area contributed by atoms with Crippen LogP contribution in [0.4, 0.5) is 10.8 Å². The van der Waals surface area contributed by atoms with Crippen LogP contribution in [0.1, 0.15) is 25.8 Å². The SMILES string of the molecule is CC(C)Cc1nnc(NS(=O)(=O)c2ccc3c(c2)NC(=O)C(C)O3)s1. The molecule has 1 atom stereocenters. The summed E-state index contributed by atoms with van der Waals surface area (Å²) in [5.74, 6) is 0.516. The van der Waals surface area contributed by atoms with Gasteiger partial charge in [0.15, 0.2) is 6.10 Å². The van der Waals surface area contributed by atoms with Gasteiger partial charge < -0.3 is 10.1 Å². The highest BCUT2D eigenvalue weighted by molar-refractivity contribution is 7.93. The van der Waals surface area contributed by atoms with Crippen molar-refractivity contribution in [2.75, 3.05) is 10.0 Å². The van der Waals surface area contributed by atoms with Crippen LogP contribution in [0.25, 0.3) is 0 Å². The molecular formula is C15H18N4O4S2. The van der Waals surface area contributed by atoms with Crippen molar-refractivity contribution in [1.82, 2.24) is 10.2 Å². The average Bonchev–Trinajstić information content (AvgIpc) is 2.93. The fourth-order valence-corrected chi connectivity index (χ4v) is 4.46. The number of carbonyl (C=O) groups excluding carboxylic acids is 1. The maximum absolute atomic E-state index is 12.5. The second-order valence-corrected chi connectivity index (χ2v) is 8.86. The summed E-state index contributed by atoms with van der Waals surface area (Å²) in [5, 5.41) is 11.5. The van der Waals surface area contributed by atoms with Crippen molar-refractivity contribution < 1.29 is 17.9 Å².